The van der Waals surface area contributed by atoms with Gasteiger partial charge in [-0.25, -0.2) is 4.99 Å². The molecular formula is C30H22Br2N2OS. The number of nitrogens with zero attached hydrogens (tertiary/aromatic N) is 2. The Balaban J connectivity index is 1.58. The van der Waals surface area contributed by atoms with E-state index in [4.69, 9.17) is 4.99 Å². The number of hydrogen-bond acceptors (Lipinski definition) is 3. The van der Waals surface area contributed by atoms with Crippen LogP contribution in [0.15, 0.2) is 114 Å². The molecule has 0 fully saturated rings. The highest BCUT2D eigenvalue weighted by atomic mass is 79.9. The molecule has 2 aliphatic rings. The number of thiazole rings is 1. The van der Waals surface area contributed by atoms with Crippen molar-refractivity contribution in [2.75, 3.05) is 0 Å². The molecule has 2 heterocycles. The van der Waals surface area contributed by atoms with Gasteiger partial charge in [-0.1, -0.05) is 97.8 Å². The lowest BCUT2D eigenvalue weighted by molar-refractivity contribution is 0.553. The zero-order valence-corrected chi connectivity index (χ0v) is 23.3. The maximum absolute atomic E-state index is 13.8. The third-order valence-electron chi connectivity index (χ3n) is 6.63. The second-order valence-electron chi connectivity index (χ2n) is 8.99. The molecule has 1 atom stereocenters. The van der Waals surface area contributed by atoms with Crippen molar-refractivity contribution in [3.8, 4) is 0 Å². The zero-order valence-electron chi connectivity index (χ0n) is 19.3. The first-order valence-electron chi connectivity index (χ1n) is 11.9. The van der Waals surface area contributed by atoms with Gasteiger partial charge >= 0.3 is 0 Å². The summed E-state index contributed by atoms with van der Waals surface area (Å²) in [5.74, 6) is 0. The molecule has 4 aromatic rings. The van der Waals surface area contributed by atoms with E-state index in [0.29, 0.717) is 4.53 Å². The fourth-order valence-corrected chi connectivity index (χ4v) is 6.49. The average Bonchev–Trinajstić information content (AvgIpc) is 3.20. The van der Waals surface area contributed by atoms with E-state index in [-0.39, 0.29) is 11.6 Å². The lowest BCUT2D eigenvalue weighted by Gasteiger charge is -2.31. The smallest absolute Gasteiger partial charge is 0.271 e. The van der Waals surface area contributed by atoms with Crippen LogP contribution < -0.4 is 14.9 Å². The van der Waals surface area contributed by atoms with Crippen LogP contribution in [-0.4, -0.2) is 4.57 Å². The summed E-state index contributed by atoms with van der Waals surface area (Å²) in [5.41, 5.74) is 6.81. The third-order valence-corrected chi connectivity index (χ3v) is 8.67. The summed E-state index contributed by atoms with van der Waals surface area (Å²) in [6.45, 7) is 0. The molecule has 0 unspecified atom stereocenters. The molecule has 1 aliphatic carbocycles. The van der Waals surface area contributed by atoms with Gasteiger partial charge in [0, 0.05) is 8.95 Å². The van der Waals surface area contributed by atoms with Crippen LogP contribution >= 0.6 is 43.2 Å². The molecular weight excluding hydrogens is 596 g/mol. The summed E-state index contributed by atoms with van der Waals surface area (Å²) < 4.78 is 4.71. The predicted molar refractivity (Wildman–Crippen MR) is 155 cm³/mol. The number of halogens is 2. The summed E-state index contributed by atoms with van der Waals surface area (Å²) >= 11 is 8.57. The van der Waals surface area contributed by atoms with Crippen molar-refractivity contribution >= 4 is 55.3 Å². The van der Waals surface area contributed by atoms with Gasteiger partial charge in [0.15, 0.2) is 4.80 Å². The SMILES string of the molecule is O=c1/c(=C\c2ccccc2)sc2n1[C@H](c1ccc(Br)cc1)C1=C(N=2)/C(=C/c2ccc(Br)cc2)CCC1. The first kappa shape index (κ1) is 23.6. The topological polar surface area (TPSA) is 34.4 Å². The first-order chi connectivity index (χ1) is 17.6. The predicted octanol–water partition coefficient (Wildman–Crippen LogP) is 7.01. The van der Waals surface area contributed by atoms with Crippen LogP contribution in [0.3, 0.4) is 0 Å². The highest BCUT2D eigenvalue weighted by molar-refractivity contribution is 9.10. The van der Waals surface area contributed by atoms with Gasteiger partial charge in [-0.05, 0) is 83.5 Å². The summed E-state index contributed by atoms with van der Waals surface area (Å²) in [7, 11) is 0. The minimum Gasteiger partial charge on any atom is -0.272 e. The Morgan fingerprint density at radius 1 is 0.833 bits per heavy atom. The van der Waals surface area contributed by atoms with Crippen LogP contribution in [0.1, 0.15) is 42.0 Å². The normalized spacial score (nSPS) is 18.7. The largest absolute Gasteiger partial charge is 0.272 e. The van der Waals surface area contributed by atoms with E-state index in [1.54, 1.807) is 0 Å². The van der Waals surface area contributed by atoms with E-state index in [0.717, 1.165) is 55.4 Å². The number of rotatable bonds is 3. The van der Waals surface area contributed by atoms with Crippen LogP contribution in [0.4, 0.5) is 0 Å². The summed E-state index contributed by atoms with van der Waals surface area (Å²) in [6, 6.07) is 26.6. The first-order valence-corrected chi connectivity index (χ1v) is 14.3. The lowest BCUT2D eigenvalue weighted by Crippen LogP contribution is -2.39. The molecule has 1 aromatic heterocycles. The van der Waals surface area contributed by atoms with E-state index < -0.39 is 0 Å². The second-order valence-corrected chi connectivity index (χ2v) is 11.8. The number of fused-ring (bicyclic) bond motifs is 1. The molecule has 0 amide bonds. The van der Waals surface area contributed by atoms with Crippen LogP contribution in [-0.2, 0) is 0 Å². The summed E-state index contributed by atoms with van der Waals surface area (Å²) in [4.78, 5) is 19.7. The number of hydrogen-bond donors (Lipinski definition) is 0. The van der Waals surface area contributed by atoms with Gasteiger partial charge < -0.3 is 0 Å². The van der Waals surface area contributed by atoms with Crippen molar-refractivity contribution in [1.82, 2.24) is 4.57 Å². The lowest BCUT2D eigenvalue weighted by atomic mass is 9.84. The summed E-state index contributed by atoms with van der Waals surface area (Å²) in [5, 5.41) is 0. The zero-order chi connectivity index (χ0) is 24.6. The van der Waals surface area contributed by atoms with Crippen molar-refractivity contribution in [2.45, 2.75) is 25.3 Å². The molecule has 0 spiro atoms. The van der Waals surface area contributed by atoms with E-state index in [1.165, 1.54) is 22.5 Å². The molecule has 0 saturated carbocycles. The fourth-order valence-electron chi connectivity index (χ4n) is 4.96. The van der Waals surface area contributed by atoms with Gasteiger partial charge in [0.25, 0.3) is 5.56 Å². The molecule has 0 radical (unpaired) electrons. The Morgan fingerprint density at radius 3 is 2.22 bits per heavy atom. The van der Waals surface area contributed by atoms with Crippen molar-refractivity contribution in [3.05, 3.63) is 141 Å². The molecule has 0 saturated heterocycles. The van der Waals surface area contributed by atoms with Gasteiger partial charge in [-0.15, -0.1) is 0 Å². The minimum absolute atomic E-state index is 0.0195. The number of aromatic nitrogens is 1. The van der Waals surface area contributed by atoms with Gasteiger partial charge in [0.1, 0.15) is 0 Å². The molecule has 36 heavy (non-hydrogen) atoms. The Hall–Kier alpha value is -2.80. The van der Waals surface area contributed by atoms with Gasteiger partial charge in [-0.3, -0.25) is 9.36 Å². The molecule has 3 nitrogen and oxygen atoms in total. The van der Waals surface area contributed by atoms with E-state index in [9.17, 15) is 4.79 Å². The average molecular weight is 618 g/mol. The Kier molecular flexibility index (Phi) is 6.50. The molecule has 1 aliphatic heterocycles. The van der Waals surface area contributed by atoms with Crippen molar-refractivity contribution < 1.29 is 0 Å². The van der Waals surface area contributed by atoms with Crippen LogP contribution in [0.5, 0.6) is 0 Å². The minimum atomic E-state index is -0.157. The highest BCUT2D eigenvalue weighted by Gasteiger charge is 2.32. The number of benzene rings is 3. The van der Waals surface area contributed by atoms with Crippen molar-refractivity contribution in [3.63, 3.8) is 0 Å². The van der Waals surface area contributed by atoms with E-state index in [2.05, 4.69) is 86.5 Å². The quantitative estimate of drug-likeness (QED) is 0.244. The fraction of sp³-hybridized carbons (Fsp3) is 0.133. The van der Waals surface area contributed by atoms with Crippen LogP contribution in [0.2, 0.25) is 0 Å². The van der Waals surface area contributed by atoms with Gasteiger partial charge in [0.2, 0.25) is 0 Å². The monoisotopic (exact) mass is 616 g/mol. The molecule has 178 valence electrons. The maximum atomic E-state index is 13.8. The van der Waals surface area contributed by atoms with Crippen LogP contribution in [0.25, 0.3) is 12.2 Å². The van der Waals surface area contributed by atoms with E-state index in [1.807, 2.05) is 41.0 Å². The standard InChI is InChI=1S/C30H22Br2N2OS/c31-23-13-9-20(10-14-23)17-22-7-4-8-25-27(22)33-30-34(28(25)21-11-15-24(32)16-12-21)29(35)26(36-30)18-19-5-2-1-3-6-19/h1-3,5-6,9-18,28H,4,7-8H2/b22-17+,26-18+/t28-/m1/s1. The van der Waals surface area contributed by atoms with Crippen LogP contribution in [0, 0.1) is 0 Å². The molecule has 3 aromatic carbocycles. The Bertz CT molecular complexity index is 1680. The van der Waals surface area contributed by atoms with Crippen molar-refractivity contribution in [1.29, 1.82) is 0 Å². The van der Waals surface area contributed by atoms with Gasteiger partial charge in [0.05, 0.1) is 16.3 Å². The Labute approximate surface area is 230 Å². The molecule has 6 rings (SSSR count). The highest BCUT2D eigenvalue weighted by Crippen LogP contribution is 2.41. The Morgan fingerprint density at radius 2 is 1.50 bits per heavy atom. The third kappa shape index (κ3) is 4.54. The second kappa shape index (κ2) is 9.92. The molecule has 0 N–H and O–H groups in total. The number of allylic oxidation sites excluding steroid dienone is 2. The maximum Gasteiger partial charge on any atom is 0.271 e. The van der Waals surface area contributed by atoms with Crippen molar-refractivity contribution in [2.24, 2.45) is 4.99 Å². The summed E-state index contributed by atoms with van der Waals surface area (Å²) in [6.07, 6.45) is 7.17. The molecule has 0 bridgehead atoms. The molecule has 6 heteroatoms. The van der Waals surface area contributed by atoms with E-state index >= 15 is 0 Å². The van der Waals surface area contributed by atoms with Gasteiger partial charge in [-0.2, -0.15) is 0 Å².